The van der Waals surface area contributed by atoms with Crippen LogP contribution in [-0.2, 0) is 9.53 Å². The predicted molar refractivity (Wildman–Crippen MR) is 129 cm³/mol. The second-order valence-electron chi connectivity index (χ2n) is 7.74. The maximum absolute atomic E-state index is 13.5. The number of carbonyl (C=O) groups is 1. The third-order valence-electron chi connectivity index (χ3n) is 5.36. The van der Waals surface area contributed by atoms with Crippen molar-refractivity contribution in [2.75, 3.05) is 45.7 Å². The van der Waals surface area contributed by atoms with Gasteiger partial charge >= 0.3 is 0 Å². The number of ether oxygens (including phenoxy) is 1. The first-order chi connectivity index (χ1) is 15.2. The van der Waals surface area contributed by atoms with Crippen LogP contribution in [0.3, 0.4) is 0 Å². The van der Waals surface area contributed by atoms with E-state index in [4.69, 9.17) is 27.9 Å². The van der Waals surface area contributed by atoms with Crippen molar-refractivity contribution in [3.05, 3.63) is 46.3 Å². The van der Waals surface area contributed by atoms with Crippen LogP contribution in [0, 0.1) is 0 Å². The Morgan fingerprint density at radius 2 is 1.78 bits per heavy atom. The van der Waals surface area contributed by atoms with E-state index in [-0.39, 0.29) is 24.4 Å². The highest BCUT2D eigenvalue weighted by molar-refractivity contribution is 6.34. The Kier molecular flexibility index (Phi) is 9.84. The van der Waals surface area contributed by atoms with Crippen LogP contribution in [0.25, 0.3) is 11.5 Å². The third kappa shape index (κ3) is 6.62. The molecule has 0 unspecified atom stereocenters. The van der Waals surface area contributed by atoms with Crippen molar-refractivity contribution in [3.63, 3.8) is 0 Å². The molecule has 1 aliphatic rings. The van der Waals surface area contributed by atoms with Gasteiger partial charge < -0.3 is 14.5 Å². The fourth-order valence-electron chi connectivity index (χ4n) is 3.56. The number of hydrogen-bond acceptors (Lipinski definition) is 5. The molecule has 0 radical (unpaired) electrons. The minimum atomic E-state index is -0.700. The Hall–Kier alpha value is -2.25. The van der Waals surface area contributed by atoms with Crippen LogP contribution in [0.5, 0.6) is 0 Å². The minimum absolute atomic E-state index is 0.0114. The summed E-state index contributed by atoms with van der Waals surface area (Å²) in [7, 11) is 1.57. The van der Waals surface area contributed by atoms with Crippen LogP contribution in [0.15, 0.2) is 41.0 Å². The lowest BCUT2D eigenvalue weighted by Gasteiger charge is -2.37. The zero-order valence-electron chi connectivity index (χ0n) is 19.1. The van der Waals surface area contributed by atoms with Crippen molar-refractivity contribution in [1.82, 2.24) is 14.8 Å². The van der Waals surface area contributed by atoms with E-state index in [1.54, 1.807) is 12.0 Å². The van der Waals surface area contributed by atoms with E-state index < -0.39 is 5.97 Å². The van der Waals surface area contributed by atoms with Crippen molar-refractivity contribution in [2.24, 2.45) is 5.10 Å². The third-order valence-corrected chi connectivity index (χ3v) is 5.75. The summed E-state index contributed by atoms with van der Waals surface area (Å²) in [6.07, 6.45) is 0. The molecule has 0 atom stereocenters. The average molecular weight is 485 g/mol. The van der Waals surface area contributed by atoms with Crippen LogP contribution in [-0.4, -0.2) is 78.4 Å². The maximum atomic E-state index is 13.5. The molecule has 0 spiro atoms. The average Bonchev–Trinajstić information content (AvgIpc) is 2.78. The molecule has 0 saturated carbocycles. The standard InChI is InChI=1S/C23H31Cl2FN4O2/c1-16(2)30(27-21(26)14-24)15-22(31)29-12-10-28(11-13-29)18(4)19-8-6-7-9-20(19)23(32-5)17(3)25/h6-9,16H,3,10-15H2,1-2,4-5H3/b19-18+,23-20+,27-21+. The van der Waals surface area contributed by atoms with Crippen molar-refractivity contribution >= 4 is 46.5 Å². The monoisotopic (exact) mass is 484 g/mol. The molecule has 9 heteroatoms. The summed E-state index contributed by atoms with van der Waals surface area (Å²) in [5.41, 5.74) is 1.07. The largest absolute Gasteiger partial charge is 0.495 e. The number of amides is 1. The first kappa shape index (κ1) is 26.0. The lowest BCUT2D eigenvalue weighted by atomic mass is 10.1. The minimum Gasteiger partial charge on any atom is -0.495 e. The topological polar surface area (TPSA) is 48.4 Å². The molecule has 2 rings (SSSR count). The summed E-state index contributed by atoms with van der Waals surface area (Å²) in [5, 5.41) is 7.46. The highest BCUT2D eigenvalue weighted by Gasteiger charge is 2.24. The molecule has 1 saturated heterocycles. The van der Waals surface area contributed by atoms with Gasteiger partial charge in [0.15, 0.2) is 0 Å². The fourth-order valence-corrected chi connectivity index (χ4v) is 3.80. The number of hydrogen-bond donors (Lipinski definition) is 0. The molecule has 0 bridgehead atoms. The summed E-state index contributed by atoms with van der Waals surface area (Å²) < 4.78 is 19.0. The van der Waals surface area contributed by atoms with Gasteiger partial charge in [-0.3, -0.25) is 9.80 Å². The van der Waals surface area contributed by atoms with E-state index in [0.29, 0.717) is 37.0 Å². The Bertz CT molecular complexity index is 972. The molecule has 1 amide bonds. The molecule has 1 heterocycles. The lowest BCUT2D eigenvalue weighted by molar-refractivity contribution is -0.134. The van der Waals surface area contributed by atoms with E-state index in [9.17, 15) is 9.18 Å². The molecule has 1 aromatic carbocycles. The van der Waals surface area contributed by atoms with Crippen LogP contribution in [0.2, 0.25) is 0 Å². The van der Waals surface area contributed by atoms with E-state index in [0.717, 1.165) is 16.1 Å². The van der Waals surface area contributed by atoms with E-state index >= 15 is 0 Å². The fraction of sp³-hybridized carbons (Fsp3) is 0.478. The zero-order chi connectivity index (χ0) is 23.8. The number of nitrogens with zero attached hydrogens (tertiary/aromatic N) is 4. The molecule has 0 N–H and O–H groups in total. The summed E-state index contributed by atoms with van der Waals surface area (Å²) >= 11 is 11.6. The van der Waals surface area contributed by atoms with Gasteiger partial charge in [0.25, 0.3) is 0 Å². The molecule has 0 aromatic heterocycles. The van der Waals surface area contributed by atoms with Crippen LogP contribution in [0.4, 0.5) is 4.39 Å². The molecule has 32 heavy (non-hydrogen) atoms. The summed E-state index contributed by atoms with van der Waals surface area (Å²) in [6, 6.07) is 7.74. The molecular weight excluding hydrogens is 454 g/mol. The van der Waals surface area contributed by atoms with Crippen LogP contribution < -0.4 is 10.4 Å². The summed E-state index contributed by atoms with van der Waals surface area (Å²) in [6.45, 7) is 12.0. The van der Waals surface area contributed by atoms with Gasteiger partial charge in [0.2, 0.25) is 11.9 Å². The molecule has 6 nitrogen and oxygen atoms in total. The second-order valence-corrected chi connectivity index (χ2v) is 8.46. The first-order valence-corrected chi connectivity index (χ1v) is 11.4. The van der Waals surface area contributed by atoms with Gasteiger partial charge in [-0.05, 0) is 20.8 Å². The quantitative estimate of drug-likeness (QED) is 0.323. The first-order valence-electron chi connectivity index (χ1n) is 10.5. The van der Waals surface area contributed by atoms with E-state index in [1.807, 2.05) is 45.0 Å². The Morgan fingerprint density at radius 1 is 1.22 bits per heavy atom. The van der Waals surface area contributed by atoms with E-state index in [1.165, 1.54) is 5.01 Å². The number of alkyl halides is 1. The zero-order valence-corrected chi connectivity index (χ0v) is 20.6. The van der Waals surface area contributed by atoms with Gasteiger partial charge in [-0.2, -0.15) is 4.39 Å². The number of methoxy groups -OCH3 is 1. The van der Waals surface area contributed by atoms with Gasteiger partial charge in [-0.1, -0.05) is 42.4 Å². The molecule has 1 aliphatic heterocycles. The Morgan fingerprint density at radius 3 is 2.28 bits per heavy atom. The molecule has 0 aliphatic carbocycles. The number of benzene rings is 1. The predicted octanol–water partition coefficient (Wildman–Crippen LogP) is 2.70. The van der Waals surface area contributed by atoms with Crippen molar-refractivity contribution in [3.8, 4) is 0 Å². The maximum Gasteiger partial charge on any atom is 0.243 e. The van der Waals surface area contributed by atoms with Crippen molar-refractivity contribution in [1.29, 1.82) is 0 Å². The highest BCUT2D eigenvalue weighted by atomic mass is 35.5. The summed E-state index contributed by atoms with van der Waals surface area (Å²) in [4.78, 5) is 16.8. The van der Waals surface area contributed by atoms with Gasteiger partial charge in [0.05, 0.1) is 18.0 Å². The highest BCUT2D eigenvalue weighted by Crippen LogP contribution is 2.13. The number of rotatable bonds is 8. The van der Waals surface area contributed by atoms with Gasteiger partial charge in [0, 0.05) is 48.4 Å². The number of carbonyl (C=O) groups excluding carboxylic acids is 1. The SMILES string of the molecule is C=C(Cl)/C(OC)=c1/cccc/c1=C(/C)N1CCN(C(=O)CN(/N=C(/F)CCl)C(C)C)CC1. The molecular formula is C23H31Cl2FN4O2. The normalized spacial score (nSPS) is 16.7. The Labute approximate surface area is 199 Å². The second kappa shape index (κ2) is 12.1. The van der Waals surface area contributed by atoms with E-state index in [2.05, 4.69) is 16.6 Å². The van der Waals surface area contributed by atoms with Crippen molar-refractivity contribution in [2.45, 2.75) is 26.8 Å². The smallest absolute Gasteiger partial charge is 0.243 e. The molecule has 1 aromatic rings. The molecule has 1 fully saturated rings. The summed E-state index contributed by atoms with van der Waals surface area (Å²) in [5.74, 6) is -0.565. The van der Waals surface area contributed by atoms with Crippen molar-refractivity contribution < 1.29 is 13.9 Å². The number of halogens is 3. The van der Waals surface area contributed by atoms with Crippen LogP contribution >= 0.6 is 23.2 Å². The van der Waals surface area contributed by atoms with Gasteiger partial charge in [0.1, 0.15) is 12.3 Å². The van der Waals surface area contributed by atoms with Crippen LogP contribution in [0.1, 0.15) is 20.8 Å². The number of piperazine rings is 1. The number of hydrazone groups is 1. The Balaban J connectivity index is 2.18. The van der Waals surface area contributed by atoms with Gasteiger partial charge in [-0.15, -0.1) is 16.7 Å². The van der Waals surface area contributed by atoms with Gasteiger partial charge in [-0.25, -0.2) is 0 Å². The lowest BCUT2D eigenvalue weighted by Crippen LogP contribution is -2.51. The molecule has 176 valence electrons.